The molecular weight excluding hydrogens is 308 g/mol. The van der Waals surface area contributed by atoms with Gasteiger partial charge in [-0.05, 0) is 54.1 Å². The minimum Gasteiger partial charge on any atom is -0.363 e. The second-order valence-electron chi connectivity index (χ2n) is 5.43. The first-order valence-electron chi connectivity index (χ1n) is 7.83. The van der Waals surface area contributed by atoms with Crippen LogP contribution in [0.5, 0.6) is 0 Å². The lowest BCUT2D eigenvalue weighted by Gasteiger charge is -2.21. The molecule has 0 saturated carbocycles. The molecule has 2 atom stereocenters. The molecule has 0 aliphatic heterocycles. The molecule has 1 heterocycles. The molecule has 0 saturated heterocycles. The molecule has 118 valence electrons. The zero-order chi connectivity index (χ0) is 15.9. The second-order valence-corrected chi connectivity index (χ2v) is 6.82. The van der Waals surface area contributed by atoms with Crippen molar-refractivity contribution in [2.45, 2.75) is 39.2 Å². The molecule has 1 aromatic carbocycles. The Bertz CT molecular complexity index is 576. The molecule has 2 N–H and O–H groups in total. The van der Waals surface area contributed by atoms with Crippen LogP contribution in [0.15, 0.2) is 41.8 Å². The van der Waals surface area contributed by atoms with E-state index in [1.165, 1.54) is 16.0 Å². The van der Waals surface area contributed by atoms with Crippen molar-refractivity contribution in [1.29, 1.82) is 0 Å². The van der Waals surface area contributed by atoms with Gasteiger partial charge >= 0.3 is 0 Å². The number of hydrogen-bond donors (Lipinski definition) is 2. The van der Waals surface area contributed by atoms with Crippen LogP contribution in [0.2, 0.25) is 0 Å². The van der Waals surface area contributed by atoms with Gasteiger partial charge in [0.25, 0.3) is 0 Å². The topological polar surface area (TPSA) is 24.1 Å². The molecular formula is C18H24N2S2. The van der Waals surface area contributed by atoms with E-state index in [-0.39, 0.29) is 6.04 Å². The average molecular weight is 333 g/mol. The quantitative estimate of drug-likeness (QED) is 0.741. The van der Waals surface area contributed by atoms with Gasteiger partial charge in [-0.1, -0.05) is 44.2 Å². The molecule has 2 rings (SSSR count). The summed E-state index contributed by atoms with van der Waals surface area (Å²) in [6, 6.07) is 13.3. The monoisotopic (exact) mass is 332 g/mol. The first-order chi connectivity index (χ1) is 10.7. The van der Waals surface area contributed by atoms with Crippen molar-refractivity contribution < 1.29 is 0 Å². The predicted octanol–water partition coefficient (Wildman–Crippen LogP) is 4.84. The first kappa shape index (κ1) is 17.0. The zero-order valence-corrected chi connectivity index (χ0v) is 15.1. The normalized spacial score (nSPS) is 13.4. The maximum absolute atomic E-state index is 5.37. The first-order valence-corrected chi connectivity index (χ1v) is 9.12. The molecule has 2 nitrogen and oxygen atoms in total. The van der Waals surface area contributed by atoms with Crippen LogP contribution in [0.1, 0.15) is 55.2 Å². The summed E-state index contributed by atoms with van der Waals surface area (Å²) in [7, 11) is 0. The van der Waals surface area contributed by atoms with Gasteiger partial charge in [0.1, 0.15) is 0 Å². The van der Waals surface area contributed by atoms with E-state index in [9.17, 15) is 0 Å². The summed E-state index contributed by atoms with van der Waals surface area (Å²) >= 11 is 7.12. The van der Waals surface area contributed by atoms with Crippen LogP contribution in [0.3, 0.4) is 0 Å². The highest BCUT2D eigenvalue weighted by atomic mass is 32.1. The van der Waals surface area contributed by atoms with E-state index in [1.54, 1.807) is 11.3 Å². The maximum Gasteiger partial charge on any atom is 0.167 e. The molecule has 0 unspecified atom stereocenters. The van der Waals surface area contributed by atoms with Gasteiger partial charge in [0, 0.05) is 11.4 Å². The number of thiocarbonyl (C=S) groups is 1. The molecule has 2 aromatic rings. The Morgan fingerprint density at radius 2 is 1.82 bits per heavy atom. The molecule has 0 spiro atoms. The van der Waals surface area contributed by atoms with Gasteiger partial charge in [-0.3, -0.25) is 0 Å². The lowest BCUT2D eigenvalue weighted by Crippen LogP contribution is -2.37. The van der Waals surface area contributed by atoms with E-state index in [2.05, 4.69) is 73.2 Å². The minimum atomic E-state index is 0.109. The fourth-order valence-electron chi connectivity index (χ4n) is 2.37. The average Bonchev–Trinajstić information content (AvgIpc) is 3.06. The minimum absolute atomic E-state index is 0.109. The van der Waals surface area contributed by atoms with Crippen LogP contribution in [-0.2, 0) is 0 Å². The maximum atomic E-state index is 5.37. The molecule has 0 radical (unpaired) electrons. The van der Waals surface area contributed by atoms with Crippen LogP contribution in [0, 0.1) is 0 Å². The van der Waals surface area contributed by atoms with Gasteiger partial charge in [-0.15, -0.1) is 11.3 Å². The number of benzene rings is 1. The molecule has 22 heavy (non-hydrogen) atoms. The van der Waals surface area contributed by atoms with E-state index >= 15 is 0 Å². The van der Waals surface area contributed by atoms with Crippen LogP contribution >= 0.6 is 23.6 Å². The van der Waals surface area contributed by atoms with Crippen molar-refractivity contribution in [1.82, 2.24) is 10.6 Å². The highest BCUT2D eigenvalue weighted by molar-refractivity contribution is 7.80. The van der Waals surface area contributed by atoms with Gasteiger partial charge in [0.15, 0.2) is 5.11 Å². The fraction of sp³-hybridized carbons (Fsp3) is 0.389. The fourth-order valence-corrected chi connectivity index (χ4v) is 3.43. The summed E-state index contributed by atoms with van der Waals surface area (Å²) < 4.78 is 0. The molecule has 0 amide bonds. The van der Waals surface area contributed by atoms with Crippen LogP contribution in [0.25, 0.3) is 0 Å². The second kappa shape index (κ2) is 8.30. The Kier molecular flexibility index (Phi) is 6.40. The third-order valence-electron chi connectivity index (χ3n) is 3.89. The number of hydrogen-bond acceptors (Lipinski definition) is 2. The molecule has 0 aliphatic carbocycles. The van der Waals surface area contributed by atoms with E-state index in [0.717, 1.165) is 13.0 Å². The Balaban J connectivity index is 2.23. The lowest BCUT2D eigenvalue weighted by molar-refractivity contribution is 0.727. The highest BCUT2D eigenvalue weighted by Gasteiger charge is 2.16. The van der Waals surface area contributed by atoms with E-state index in [0.29, 0.717) is 11.0 Å². The number of nitrogens with one attached hydrogen (secondary N) is 2. The van der Waals surface area contributed by atoms with Crippen LogP contribution in [-0.4, -0.2) is 11.7 Å². The lowest BCUT2D eigenvalue weighted by atomic mass is 9.95. The molecule has 0 bridgehead atoms. The summed E-state index contributed by atoms with van der Waals surface area (Å²) in [5, 5.41) is 9.41. The van der Waals surface area contributed by atoms with E-state index in [4.69, 9.17) is 12.2 Å². The van der Waals surface area contributed by atoms with E-state index < -0.39 is 0 Å². The smallest absolute Gasteiger partial charge is 0.167 e. The summed E-state index contributed by atoms with van der Waals surface area (Å²) in [4.78, 5) is 1.27. The Morgan fingerprint density at radius 1 is 1.14 bits per heavy atom. The largest absolute Gasteiger partial charge is 0.363 e. The van der Waals surface area contributed by atoms with Crippen molar-refractivity contribution >= 4 is 28.7 Å². The van der Waals surface area contributed by atoms with Crippen molar-refractivity contribution in [3.05, 3.63) is 57.8 Å². The van der Waals surface area contributed by atoms with Crippen molar-refractivity contribution in [2.75, 3.05) is 6.54 Å². The van der Waals surface area contributed by atoms with Gasteiger partial charge < -0.3 is 10.6 Å². The Labute approximate surface area is 143 Å². The predicted molar refractivity (Wildman–Crippen MR) is 101 cm³/mol. The summed E-state index contributed by atoms with van der Waals surface area (Å²) in [5.41, 5.74) is 2.64. The van der Waals surface area contributed by atoms with Crippen molar-refractivity contribution in [3.63, 3.8) is 0 Å². The Morgan fingerprint density at radius 3 is 2.36 bits per heavy atom. The van der Waals surface area contributed by atoms with Crippen molar-refractivity contribution in [3.8, 4) is 0 Å². The number of rotatable bonds is 6. The third kappa shape index (κ3) is 4.31. The molecule has 1 aromatic heterocycles. The van der Waals surface area contributed by atoms with E-state index in [1.807, 2.05) is 0 Å². The molecule has 0 fully saturated rings. The summed E-state index contributed by atoms with van der Waals surface area (Å²) in [5.74, 6) is 0.602. The SMILES string of the molecule is CCNC(=S)N[C@H](c1ccc([C@H](C)CC)cc1)c1cccs1. The molecule has 4 heteroatoms. The highest BCUT2D eigenvalue weighted by Crippen LogP contribution is 2.28. The van der Waals surface area contributed by atoms with Gasteiger partial charge in [-0.25, -0.2) is 0 Å². The van der Waals surface area contributed by atoms with Crippen LogP contribution in [0.4, 0.5) is 0 Å². The standard InChI is InChI=1S/C18H24N2S2/c1-4-13(3)14-8-10-15(11-9-14)17(16-7-6-12-22-16)20-18(21)19-5-2/h6-13,17H,4-5H2,1-3H3,(H2,19,20,21)/t13-,17-/m1/s1. The summed E-state index contributed by atoms with van der Waals surface area (Å²) in [6.45, 7) is 7.37. The van der Waals surface area contributed by atoms with Crippen molar-refractivity contribution in [2.24, 2.45) is 0 Å². The Hall–Kier alpha value is -1.39. The third-order valence-corrected chi connectivity index (χ3v) is 5.09. The number of thiophene rings is 1. The van der Waals surface area contributed by atoms with Crippen LogP contribution < -0.4 is 10.6 Å². The summed E-state index contributed by atoms with van der Waals surface area (Å²) in [6.07, 6.45) is 1.16. The van der Waals surface area contributed by atoms with Gasteiger partial charge in [0.05, 0.1) is 6.04 Å². The zero-order valence-electron chi connectivity index (χ0n) is 13.4. The molecule has 0 aliphatic rings. The van der Waals surface area contributed by atoms with Gasteiger partial charge in [0.2, 0.25) is 0 Å². The van der Waals surface area contributed by atoms with Gasteiger partial charge in [-0.2, -0.15) is 0 Å².